The number of rotatable bonds is 1. The lowest BCUT2D eigenvalue weighted by Gasteiger charge is -2.22. The molecule has 15 heavy (non-hydrogen) atoms. The van der Waals surface area contributed by atoms with Crippen molar-refractivity contribution >= 4 is 27.7 Å². The van der Waals surface area contributed by atoms with Gasteiger partial charge in [0.25, 0.3) is 0 Å². The van der Waals surface area contributed by atoms with Crippen LogP contribution in [0.25, 0.3) is 11.0 Å². The minimum absolute atomic E-state index is 0.746. The maximum absolute atomic E-state index is 11.7. The van der Waals surface area contributed by atoms with E-state index < -0.39 is 9.93 Å². The summed E-state index contributed by atoms with van der Waals surface area (Å²) in [6.45, 7) is 0. The Morgan fingerprint density at radius 3 is 2.80 bits per heavy atom. The number of hydrogen-bond acceptors (Lipinski definition) is 2. The molecule has 0 amide bonds. The first kappa shape index (κ1) is 10.1. The van der Waals surface area contributed by atoms with Gasteiger partial charge in [0.2, 0.25) is 0 Å². The Kier molecular flexibility index (Phi) is 2.44. The van der Waals surface area contributed by atoms with Crippen molar-refractivity contribution in [1.29, 1.82) is 0 Å². The average Bonchev–Trinajstić information content (AvgIpc) is 2.16. The number of nitrogens with zero attached hydrogens (tertiary/aromatic N) is 2. The highest BCUT2D eigenvalue weighted by Crippen LogP contribution is 2.33. The fraction of sp³-hybridized carbons (Fsp3) is 0.182. The van der Waals surface area contributed by atoms with Crippen LogP contribution in [-0.4, -0.2) is 18.9 Å². The van der Waals surface area contributed by atoms with Crippen LogP contribution in [0.4, 0.5) is 5.69 Å². The molecule has 1 aromatic rings. The first-order valence-corrected chi connectivity index (χ1v) is 6.99. The highest BCUT2D eigenvalue weighted by molar-refractivity contribution is 8.04. The van der Waals surface area contributed by atoms with Gasteiger partial charge in [-0.1, -0.05) is 30.6 Å². The highest BCUT2D eigenvalue weighted by Gasteiger charge is 2.12. The Morgan fingerprint density at radius 1 is 1.33 bits per heavy atom. The molecule has 0 fully saturated rings. The highest BCUT2D eigenvalue weighted by atomic mass is 32.2. The minimum atomic E-state index is -1.93. The van der Waals surface area contributed by atoms with E-state index in [-0.39, 0.29) is 0 Å². The summed E-state index contributed by atoms with van der Waals surface area (Å²) in [5.41, 5.74) is 2.56. The van der Waals surface area contributed by atoms with Gasteiger partial charge in [-0.15, -0.1) is 4.21 Å². The van der Waals surface area contributed by atoms with E-state index in [9.17, 15) is 4.21 Å². The molecule has 1 aromatic carbocycles. The zero-order valence-electron chi connectivity index (χ0n) is 8.68. The van der Waals surface area contributed by atoms with Gasteiger partial charge in [-0.2, -0.15) is 0 Å². The van der Waals surface area contributed by atoms with Crippen molar-refractivity contribution < 1.29 is 4.21 Å². The van der Waals surface area contributed by atoms with Crippen LogP contribution in [0.3, 0.4) is 0 Å². The maximum atomic E-state index is 11.7. The first-order chi connectivity index (χ1) is 7.06. The van der Waals surface area contributed by atoms with Crippen LogP contribution in [-0.2, 0) is 14.1 Å². The van der Waals surface area contributed by atoms with Gasteiger partial charge in [-0.05, 0) is 11.3 Å². The Morgan fingerprint density at radius 2 is 2.07 bits per heavy atom. The Hall–Kier alpha value is -1.42. The molecule has 0 unspecified atom stereocenters. The smallest absolute Gasteiger partial charge is 0.125 e. The van der Waals surface area contributed by atoms with E-state index in [0.717, 1.165) is 16.9 Å². The Bertz CT molecular complexity index is 485. The van der Waals surface area contributed by atoms with E-state index in [1.165, 1.54) is 6.34 Å². The number of hydrogen-bond donors (Lipinski definition) is 0. The Labute approximate surface area is 90.3 Å². The molecule has 0 aliphatic carbocycles. The molecule has 0 saturated heterocycles. The zero-order valence-corrected chi connectivity index (χ0v) is 9.49. The lowest BCUT2D eigenvalue weighted by molar-refractivity contribution is 0.596. The van der Waals surface area contributed by atoms with Crippen molar-refractivity contribution in [2.75, 3.05) is 12.5 Å². The topological polar surface area (TPSA) is 43.5 Å². The molecule has 0 N–H and O–H groups in total. The van der Waals surface area contributed by atoms with E-state index >= 15 is 0 Å². The molecule has 1 aliphatic rings. The molecule has 0 spiro atoms. The van der Waals surface area contributed by atoms with Crippen LogP contribution >= 0.6 is 0 Å². The van der Waals surface area contributed by atoms with Crippen molar-refractivity contribution in [2.24, 2.45) is 4.99 Å². The second-order valence-corrected chi connectivity index (χ2v) is 6.56. The van der Waals surface area contributed by atoms with Crippen LogP contribution in [0, 0.1) is 0 Å². The summed E-state index contributed by atoms with van der Waals surface area (Å²) in [5, 5.41) is 5.85. The average molecular weight is 220 g/mol. The molecule has 4 heteroatoms. The van der Waals surface area contributed by atoms with Crippen LogP contribution < -0.4 is 0 Å². The molecule has 1 heterocycles. The van der Waals surface area contributed by atoms with Gasteiger partial charge in [0.1, 0.15) is 27.9 Å². The van der Waals surface area contributed by atoms with E-state index in [2.05, 4.69) is 10.3 Å². The summed E-state index contributed by atoms with van der Waals surface area (Å²) in [6, 6.07) is 7.71. The van der Waals surface area contributed by atoms with Crippen molar-refractivity contribution in [3.05, 3.63) is 40.6 Å². The number of para-hydroxylation sites is 1. The third kappa shape index (κ3) is 2.33. The van der Waals surface area contributed by atoms with E-state index in [1.54, 1.807) is 17.9 Å². The van der Waals surface area contributed by atoms with Gasteiger partial charge in [0.15, 0.2) is 0 Å². The summed E-state index contributed by atoms with van der Waals surface area (Å²) in [4.78, 5) is 4.15. The molecule has 1 aliphatic heterocycles. The summed E-state index contributed by atoms with van der Waals surface area (Å²) in [6.07, 6.45) is 4.90. The molecule has 0 aromatic heterocycles. The number of fused-ring (bicyclic) bond motifs is 1. The van der Waals surface area contributed by atoms with Gasteiger partial charge in [0, 0.05) is 5.70 Å². The molecule has 0 saturated carbocycles. The van der Waals surface area contributed by atoms with Gasteiger partial charge >= 0.3 is 0 Å². The molecule has 0 atom stereocenters. The van der Waals surface area contributed by atoms with Gasteiger partial charge in [-0.25, -0.2) is 0 Å². The molecule has 78 valence electrons. The zero-order chi connectivity index (χ0) is 10.9. The normalized spacial score (nSPS) is 17.3. The summed E-state index contributed by atoms with van der Waals surface area (Å²) in [5.74, 6) is 0. The van der Waals surface area contributed by atoms with Crippen molar-refractivity contribution in [2.45, 2.75) is 0 Å². The van der Waals surface area contributed by atoms with Crippen LogP contribution in [0.1, 0.15) is 5.56 Å². The van der Waals surface area contributed by atoms with Crippen molar-refractivity contribution in [3.8, 4) is 0 Å². The second-order valence-electron chi connectivity index (χ2n) is 3.70. The lowest BCUT2D eigenvalue weighted by atomic mass is 10.1. The summed E-state index contributed by atoms with van der Waals surface area (Å²) < 4.78 is 11.7. The van der Waals surface area contributed by atoms with E-state index in [0.29, 0.717) is 0 Å². The number of benzene rings is 1. The summed E-state index contributed by atoms with van der Waals surface area (Å²) >= 11 is 0. The molecule has 0 radical (unpaired) electrons. The molecule has 3 nitrogen and oxygen atoms in total. The summed E-state index contributed by atoms with van der Waals surface area (Å²) in [7, 11) is -1.93. The molecular formula is C11H12N2OS. The largest absolute Gasteiger partial charge is 0.443 e. The fourth-order valence-electron chi connectivity index (χ4n) is 1.39. The van der Waals surface area contributed by atoms with Gasteiger partial charge in [-0.3, -0.25) is 0 Å². The second kappa shape index (κ2) is 3.62. The van der Waals surface area contributed by atoms with Gasteiger partial charge < -0.3 is 10.3 Å². The fourth-order valence-corrected chi connectivity index (χ4v) is 2.11. The SMILES string of the molecule is C[S+](C)(=O)/C=C1\[N-]C=Nc2ccccc21. The van der Waals surface area contributed by atoms with Crippen LogP contribution in [0.15, 0.2) is 34.7 Å². The van der Waals surface area contributed by atoms with E-state index in [1.807, 2.05) is 24.3 Å². The van der Waals surface area contributed by atoms with Gasteiger partial charge in [0.05, 0.1) is 0 Å². The predicted octanol–water partition coefficient (Wildman–Crippen LogP) is 2.79. The van der Waals surface area contributed by atoms with Crippen LogP contribution in [0.5, 0.6) is 0 Å². The molecule has 0 bridgehead atoms. The third-order valence-electron chi connectivity index (χ3n) is 1.97. The standard InChI is InChI=1S/C11H12N2OS/c1-15(2,14)7-11-9-5-3-4-6-10(9)12-8-13-11/h3-8H,1-2H3/b11-7-. The van der Waals surface area contributed by atoms with Crippen molar-refractivity contribution in [1.82, 2.24) is 0 Å². The minimum Gasteiger partial charge on any atom is -0.443 e. The quantitative estimate of drug-likeness (QED) is 0.671. The monoisotopic (exact) mass is 220 g/mol. The van der Waals surface area contributed by atoms with E-state index in [4.69, 9.17) is 0 Å². The van der Waals surface area contributed by atoms with Crippen molar-refractivity contribution in [3.63, 3.8) is 0 Å². The third-order valence-corrected chi connectivity index (χ3v) is 2.76. The number of aliphatic imine (C=N–C) groups is 1. The first-order valence-electron chi connectivity index (χ1n) is 4.55. The predicted molar refractivity (Wildman–Crippen MR) is 65.8 cm³/mol. The Balaban J connectivity index is 2.52. The maximum Gasteiger partial charge on any atom is 0.125 e. The lowest BCUT2D eigenvalue weighted by Crippen LogP contribution is -2.01. The molecular weight excluding hydrogens is 208 g/mol. The molecule has 2 rings (SSSR count). The van der Waals surface area contributed by atoms with Crippen LogP contribution in [0.2, 0.25) is 0 Å².